The van der Waals surface area contributed by atoms with Gasteiger partial charge in [-0.15, -0.1) is 0 Å². The summed E-state index contributed by atoms with van der Waals surface area (Å²) in [6.45, 7) is 0.741. The molecule has 5 aromatic rings. The van der Waals surface area contributed by atoms with Crippen molar-refractivity contribution in [3.8, 4) is 17.3 Å². The van der Waals surface area contributed by atoms with E-state index in [0.717, 1.165) is 29.8 Å². The van der Waals surface area contributed by atoms with E-state index in [9.17, 15) is 4.79 Å². The molecule has 0 radical (unpaired) electrons. The van der Waals surface area contributed by atoms with E-state index in [-0.39, 0.29) is 0 Å². The Balaban J connectivity index is 1.29. The molecule has 0 spiro atoms. The summed E-state index contributed by atoms with van der Waals surface area (Å²) in [7, 11) is 0. The van der Waals surface area contributed by atoms with Gasteiger partial charge in [-0.2, -0.15) is 4.98 Å². The van der Waals surface area contributed by atoms with Gasteiger partial charge < -0.3 is 15.4 Å². The number of nitrogens with zero attached hydrogens (tertiary/aromatic N) is 4. The minimum atomic E-state index is 0.572. The van der Waals surface area contributed by atoms with Crippen molar-refractivity contribution in [1.82, 2.24) is 19.5 Å². The summed E-state index contributed by atoms with van der Waals surface area (Å²) in [5.41, 5.74) is 3.66. The van der Waals surface area contributed by atoms with Crippen LogP contribution in [0, 0.1) is 0 Å². The van der Waals surface area contributed by atoms with Crippen molar-refractivity contribution >= 4 is 29.1 Å². The first-order valence-electron chi connectivity index (χ1n) is 10.8. The van der Waals surface area contributed by atoms with Gasteiger partial charge in [0.15, 0.2) is 0 Å². The highest BCUT2D eigenvalue weighted by Crippen LogP contribution is 2.27. The minimum Gasteiger partial charge on any atom is -0.457 e. The Hall–Kier alpha value is -4.72. The average Bonchev–Trinajstić information content (AvgIpc) is 3.30. The molecule has 8 heteroatoms. The van der Waals surface area contributed by atoms with Gasteiger partial charge in [0.05, 0.1) is 11.0 Å². The molecule has 8 nitrogen and oxygen atoms in total. The van der Waals surface area contributed by atoms with E-state index in [1.54, 1.807) is 36.8 Å². The maximum absolute atomic E-state index is 10.5. The van der Waals surface area contributed by atoms with Gasteiger partial charge >= 0.3 is 0 Å². The lowest BCUT2D eigenvalue weighted by Gasteiger charge is -2.09. The van der Waals surface area contributed by atoms with Crippen molar-refractivity contribution in [1.29, 1.82) is 0 Å². The summed E-state index contributed by atoms with van der Waals surface area (Å²) in [6, 6.07) is 25.0. The number of ether oxygens (including phenoxy) is 1. The number of carbonyl (C=O) groups is 1. The molecule has 0 bridgehead atoms. The molecule has 0 fully saturated rings. The molecule has 0 unspecified atom stereocenters. The van der Waals surface area contributed by atoms with E-state index in [1.807, 2.05) is 47.0 Å². The highest BCUT2D eigenvalue weighted by Gasteiger charge is 2.09. The summed E-state index contributed by atoms with van der Waals surface area (Å²) in [4.78, 5) is 24.0. The number of fused-ring (bicyclic) bond motifs is 1. The predicted octanol–water partition coefficient (Wildman–Crippen LogP) is 4.83. The van der Waals surface area contributed by atoms with Crippen LogP contribution in [-0.4, -0.2) is 32.5 Å². The van der Waals surface area contributed by atoms with Crippen molar-refractivity contribution in [3.05, 3.63) is 97.0 Å². The number of anilines is 2. The van der Waals surface area contributed by atoms with Crippen LogP contribution >= 0.6 is 0 Å². The van der Waals surface area contributed by atoms with Gasteiger partial charge in [0.1, 0.15) is 23.6 Å². The fourth-order valence-corrected chi connectivity index (χ4v) is 3.59. The Labute approximate surface area is 196 Å². The molecule has 2 N–H and O–H groups in total. The Bertz CT molecular complexity index is 1400. The van der Waals surface area contributed by atoms with Gasteiger partial charge in [-0.25, -0.2) is 9.97 Å². The van der Waals surface area contributed by atoms with Crippen LogP contribution in [-0.2, 0) is 11.2 Å². The number of benzene rings is 3. The number of hydrogen-bond acceptors (Lipinski definition) is 6. The lowest BCUT2D eigenvalue weighted by atomic mass is 10.1. The number of hydrogen-bond donors (Lipinski definition) is 2. The highest BCUT2D eigenvalue weighted by atomic mass is 16.5. The first kappa shape index (κ1) is 21.1. The van der Waals surface area contributed by atoms with Crippen molar-refractivity contribution in [2.45, 2.75) is 6.42 Å². The Morgan fingerprint density at radius 2 is 1.74 bits per heavy atom. The normalized spacial score (nSPS) is 10.7. The van der Waals surface area contributed by atoms with Crippen LogP contribution in [0.5, 0.6) is 11.5 Å². The van der Waals surface area contributed by atoms with Crippen LogP contribution in [0.1, 0.15) is 5.56 Å². The third-order valence-electron chi connectivity index (χ3n) is 5.26. The molecular formula is C26H22N6O2. The third-order valence-corrected chi connectivity index (χ3v) is 5.26. The molecule has 3 aromatic carbocycles. The number of rotatable bonds is 9. The molecule has 0 aliphatic rings. The Kier molecular flexibility index (Phi) is 6.11. The lowest BCUT2D eigenvalue weighted by molar-refractivity contribution is -0.105. The lowest BCUT2D eigenvalue weighted by Crippen LogP contribution is -2.09. The van der Waals surface area contributed by atoms with Crippen LogP contribution in [0.2, 0.25) is 0 Å². The fraction of sp³-hybridized carbons (Fsp3) is 0.0769. The van der Waals surface area contributed by atoms with Gasteiger partial charge in [0.25, 0.3) is 0 Å². The van der Waals surface area contributed by atoms with Crippen LogP contribution in [0.25, 0.3) is 16.9 Å². The molecule has 2 aromatic heterocycles. The molecule has 34 heavy (non-hydrogen) atoms. The second-order valence-electron chi connectivity index (χ2n) is 7.55. The summed E-state index contributed by atoms with van der Waals surface area (Å²) in [6.07, 6.45) is 5.01. The molecule has 0 saturated heterocycles. The monoisotopic (exact) mass is 450 g/mol. The van der Waals surface area contributed by atoms with E-state index in [1.165, 1.54) is 5.56 Å². The van der Waals surface area contributed by atoms with Crippen molar-refractivity contribution in [3.63, 3.8) is 0 Å². The molecule has 168 valence electrons. The van der Waals surface area contributed by atoms with Gasteiger partial charge in [0.2, 0.25) is 12.4 Å². The highest BCUT2D eigenvalue weighted by molar-refractivity contribution is 5.79. The summed E-state index contributed by atoms with van der Waals surface area (Å²) < 4.78 is 7.85. The SMILES string of the molecule is O=CNc1ccc(Oc2ccc3c(c2)ncn3-c2ccnc(NCCc3ccccc3)n2)cc1. The van der Waals surface area contributed by atoms with E-state index in [2.05, 4.69) is 37.7 Å². The van der Waals surface area contributed by atoms with E-state index in [0.29, 0.717) is 29.5 Å². The first-order valence-corrected chi connectivity index (χ1v) is 10.8. The standard InChI is InChI=1S/C26H22N6O2/c33-18-30-20-6-8-21(9-7-20)34-22-10-11-24-23(16-22)29-17-32(24)25-13-15-28-26(31-25)27-14-12-19-4-2-1-3-5-19/h1-11,13,15-18H,12,14H2,(H,30,33)(H,27,28,31). The largest absolute Gasteiger partial charge is 0.457 e. The second kappa shape index (κ2) is 9.83. The minimum absolute atomic E-state index is 0.572. The third kappa shape index (κ3) is 4.86. The number of nitrogens with one attached hydrogen (secondary N) is 2. The van der Waals surface area contributed by atoms with Crippen LogP contribution in [0.3, 0.4) is 0 Å². The zero-order valence-corrected chi connectivity index (χ0v) is 18.3. The first-order chi connectivity index (χ1) is 16.8. The van der Waals surface area contributed by atoms with Crippen LogP contribution in [0.15, 0.2) is 91.4 Å². The molecule has 0 aliphatic heterocycles. The van der Waals surface area contributed by atoms with Gasteiger partial charge in [-0.3, -0.25) is 9.36 Å². The molecule has 0 aliphatic carbocycles. The van der Waals surface area contributed by atoms with Crippen LogP contribution < -0.4 is 15.4 Å². The molecule has 0 atom stereocenters. The molecule has 2 heterocycles. The summed E-state index contributed by atoms with van der Waals surface area (Å²) in [5.74, 6) is 2.63. The number of aromatic nitrogens is 4. The number of imidazole rings is 1. The van der Waals surface area contributed by atoms with E-state index >= 15 is 0 Å². The zero-order valence-electron chi connectivity index (χ0n) is 18.3. The topological polar surface area (TPSA) is 94.0 Å². The Morgan fingerprint density at radius 3 is 2.56 bits per heavy atom. The van der Waals surface area contributed by atoms with Crippen molar-refractivity contribution in [2.24, 2.45) is 0 Å². The van der Waals surface area contributed by atoms with Gasteiger partial charge in [0, 0.05) is 24.5 Å². The van der Waals surface area contributed by atoms with Crippen molar-refractivity contribution < 1.29 is 9.53 Å². The molecular weight excluding hydrogens is 428 g/mol. The second-order valence-corrected chi connectivity index (χ2v) is 7.55. The summed E-state index contributed by atoms with van der Waals surface area (Å²) >= 11 is 0. The summed E-state index contributed by atoms with van der Waals surface area (Å²) in [5, 5.41) is 5.89. The number of carbonyl (C=O) groups excluding carboxylic acids is 1. The average molecular weight is 451 g/mol. The smallest absolute Gasteiger partial charge is 0.224 e. The van der Waals surface area contributed by atoms with Crippen LogP contribution in [0.4, 0.5) is 11.6 Å². The van der Waals surface area contributed by atoms with Gasteiger partial charge in [-0.1, -0.05) is 30.3 Å². The van der Waals surface area contributed by atoms with Crippen molar-refractivity contribution in [2.75, 3.05) is 17.2 Å². The maximum atomic E-state index is 10.5. The van der Waals surface area contributed by atoms with E-state index in [4.69, 9.17) is 4.74 Å². The molecule has 1 amide bonds. The van der Waals surface area contributed by atoms with Gasteiger partial charge in [-0.05, 0) is 54.4 Å². The van der Waals surface area contributed by atoms with E-state index < -0.39 is 0 Å². The number of amides is 1. The maximum Gasteiger partial charge on any atom is 0.224 e. The zero-order chi connectivity index (χ0) is 23.2. The Morgan fingerprint density at radius 1 is 0.912 bits per heavy atom. The fourth-order valence-electron chi connectivity index (χ4n) is 3.59. The molecule has 5 rings (SSSR count). The quantitative estimate of drug-likeness (QED) is 0.313. The molecule has 0 saturated carbocycles. The predicted molar refractivity (Wildman–Crippen MR) is 131 cm³/mol.